The van der Waals surface area contributed by atoms with E-state index in [1.54, 1.807) is 11.1 Å². The summed E-state index contributed by atoms with van der Waals surface area (Å²) in [4.78, 5) is 5.35. The van der Waals surface area contributed by atoms with E-state index in [2.05, 4.69) is 244 Å². The van der Waals surface area contributed by atoms with Crippen molar-refractivity contribution >= 4 is 110 Å². The molecule has 0 spiro atoms. The minimum Gasteiger partial charge on any atom is -0.328 e. The molecule has 4 aromatic heterocycles. The largest absolute Gasteiger partial charge is 0.328 e. The van der Waals surface area contributed by atoms with Gasteiger partial charge in [-0.25, -0.2) is 0 Å². The van der Waals surface area contributed by atoms with Crippen molar-refractivity contribution in [3.05, 3.63) is 203 Å². The van der Waals surface area contributed by atoms with E-state index < -0.39 is 11.1 Å². The van der Waals surface area contributed by atoms with E-state index in [1.165, 1.54) is 132 Å². The van der Waals surface area contributed by atoms with Gasteiger partial charge in [0.15, 0.2) is 0 Å². The van der Waals surface area contributed by atoms with Gasteiger partial charge in [-0.1, -0.05) is 174 Å². The van der Waals surface area contributed by atoms with E-state index in [4.69, 9.17) is 0 Å². The van der Waals surface area contributed by atoms with Crippen molar-refractivity contribution < 1.29 is 0 Å². The molecule has 4 heteroatoms. The first kappa shape index (κ1) is 41.6. The summed E-state index contributed by atoms with van der Waals surface area (Å²) in [5, 5.41) is 10.7. The molecule has 8 atom stereocenters. The number of nitrogens with zero attached hydrogens (tertiary/aromatic N) is 4. The van der Waals surface area contributed by atoms with Crippen molar-refractivity contribution in [2.75, 3.05) is 9.80 Å². The third kappa shape index (κ3) is 4.67. The van der Waals surface area contributed by atoms with Crippen LogP contribution in [0.4, 0.5) is 22.7 Å². The molecule has 11 aromatic rings. The summed E-state index contributed by atoms with van der Waals surface area (Å²) in [7, 11) is 0. The Kier molecular flexibility index (Phi) is 7.69. The van der Waals surface area contributed by atoms with Crippen molar-refractivity contribution in [2.24, 2.45) is 35.5 Å². The first-order valence-corrected chi connectivity index (χ1v) is 27.4. The van der Waals surface area contributed by atoms with E-state index in [0.717, 1.165) is 0 Å². The van der Waals surface area contributed by atoms with Gasteiger partial charge in [-0.15, -0.1) is 0 Å². The Labute approximate surface area is 431 Å². The molecule has 17 rings (SSSR count). The summed E-state index contributed by atoms with van der Waals surface area (Å²) >= 11 is 0. The lowest BCUT2D eigenvalue weighted by Gasteiger charge is -2.51. The highest BCUT2D eigenvalue weighted by Crippen LogP contribution is 2.61. The summed E-state index contributed by atoms with van der Waals surface area (Å²) in [6.07, 6.45) is 15.6. The van der Waals surface area contributed by atoms with E-state index in [0.29, 0.717) is 11.8 Å². The molecule has 7 aromatic carbocycles. The predicted octanol–water partition coefficient (Wildman–Crippen LogP) is 18.2. The average molecular weight is 955 g/mol. The van der Waals surface area contributed by atoms with E-state index in [-0.39, 0.29) is 23.7 Å². The van der Waals surface area contributed by atoms with Gasteiger partial charge >= 0.3 is 0 Å². The number of hydrogen-bond donors (Lipinski definition) is 0. The van der Waals surface area contributed by atoms with Crippen LogP contribution in [0, 0.1) is 35.5 Å². The number of aromatic nitrogens is 2. The molecule has 2 aliphatic heterocycles. The lowest BCUT2D eigenvalue weighted by atomic mass is 9.62. The zero-order valence-electron chi connectivity index (χ0n) is 43.4. The minimum atomic E-state index is -0.452. The predicted molar refractivity (Wildman–Crippen MR) is 313 cm³/mol. The van der Waals surface area contributed by atoms with Gasteiger partial charge < -0.3 is 18.6 Å². The van der Waals surface area contributed by atoms with Crippen LogP contribution in [0.5, 0.6) is 0 Å². The summed E-state index contributed by atoms with van der Waals surface area (Å²) < 4.78 is 5.52. The molecule has 74 heavy (non-hydrogen) atoms. The third-order valence-electron chi connectivity index (χ3n) is 19.8. The highest BCUT2D eigenvalue weighted by molar-refractivity contribution is 6.35. The molecule has 0 fully saturated rings. The van der Waals surface area contributed by atoms with Gasteiger partial charge in [-0.3, -0.25) is 0 Å². The van der Waals surface area contributed by atoms with Crippen molar-refractivity contribution in [1.82, 2.24) is 8.80 Å². The van der Waals surface area contributed by atoms with Gasteiger partial charge in [0, 0.05) is 88.8 Å². The Morgan fingerprint density at radius 2 is 0.784 bits per heavy atom. The normalized spacial score (nSPS) is 27.2. The summed E-state index contributed by atoms with van der Waals surface area (Å²) in [6, 6.07) is 51.7. The molecule has 6 aliphatic rings. The molecule has 4 aliphatic carbocycles. The summed E-state index contributed by atoms with van der Waals surface area (Å²) in [5.41, 5.74) is 23.8. The maximum Gasteiger partial charge on any atom is 0.0827 e. The highest BCUT2D eigenvalue weighted by atomic mass is 15.2. The minimum absolute atomic E-state index is 0.103. The molecule has 0 saturated heterocycles. The van der Waals surface area contributed by atoms with Crippen LogP contribution in [0.25, 0.3) is 87.3 Å². The molecule has 0 N–H and O–H groups in total. The second kappa shape index (κ2) is 13.7. The molecule has 0 amide bonds. The maximum atomic E-state index is 2.76. The first-order valence-electron chi connectivity index (χ1n) is 27.4. The fourth-order valence-electron chi connectivity index (χ4n) is 17.2. The van der Waals surface area contributed by atoms with Crippen LogP contribution in [-0.4, -0.2) is 19.9 Å². The molecular formula is C70H58N4. The Balaban J connectivity index is 1.14. The van der Waals surface area contributed by atoms with Crippen molar-refractivity contribution in [3.8, 4) is 0 Å². The number of anilines is 4. The standard InChI is InChI=1S/C70H58N4/c1-37-29-31-69(7)63-41(5)53(33-39(3)57(37)63)61-59-51-23-15-21-50-48-28-26-46-36-56(48)72(65(50)51)68(59)62(54-34-40(4)58-38(2)30-32-70(8,64(58)42(54)6)74(46)44-19-13-10-14-20-44)60-52-24-16-22-49-47-27-25-45(73(69)43-17-11-9-12-18-43)35-55(47)71(66(49)52)67(60)61/h9-42H,1-8H3. The van der Waals surface area contributed by atoms with Crippen LogP contribution >= 0.6 is 0 Å². The van der Waals surface area contributed by atoms with Crippen LogP contribution in [-0.2, 0) is 0 Å². The second-order valence-electron chi connectivity index (χ2n) is 23.6. The lowest BCUT2D eigenvalue weighted by molar-refractivity contribution is 0.522. The number of allylic oxidation sites excluding steroid dienone is 8. The van der Waals surface area contributed by atoms with Gasteiger partial charge in [0.25, 0.3) is 0 Å². The van der Waals surface area contributed by atoms with E-state index >= 15 is 0 Å². The zero-order chi connectivity index (χ0) is 49.6. The molecule has 358 valence electrons. The first-order chi connectivity index (χ1) is 36.0. The molecule has 6 heterocycles. The number of para-hydroxylation sites is 4. The van der Waals surface area contributed by atoms with Crippen molar-refractivity contribution in [1.29, 1.82) is 0 Å². The number of benzene rings is 7. The van der Waals surface area contributed by atoms with Crippen LogP contribution in [0.2, 0.25) is 0 Å². The average Bonchev–Trinajstić information content (AvgIpc) is 4.18. The molecule has 0 radical (unpaired) electrons. The number of hydrogen-bond acceptors (Lipinski definition) is 2. The molecule has 0 saturated carbocycles. The topological polar surface area (TPSA) is 15.3 Å². The molecule has 8 unspecified atom stereocenters. The maximum absolute atomic E-state index is 2.76. The quantitative estimate of drug-likeness (QED) is 0.160. The summed E-state index contributed by atoms with van der Waals surface area (Å²) in [5.74, 6) is 1.29. The SMILES string of the molecule is CC1C=CC2(C)C3=C1C(C)C=C(c1c4c5cccc6c7ccc8cc7n(c4c(c4c7cccc9c%10ccc(cc%10n(c14)c97)N2c1ccccc1)C1=CC(C)C2=C(C1C)C(C)(C=CC2C)N8c1ccccc1)c65)C3C. The Morgan fingerprint density at radius 1 is 0.378 bits per heavy atom. The Morgan fingerprint density at radius 3 is 1.20 bits per heavy atom. The van der Waals surface area contributed by atoms with Crippen LogP contribution in [0.3, 0.4) is 0 Å². The number of rotatable bonds is 2. The van der Waals surface area contributed by atoms with E-state index in [9.17, 15) is 0 Å². The fourth-order valence-corrected chi connectivity index (χ4v) is 17.2. The second-order valence-corrected chi connectivity index (χ2v) is 23.6. The van der Waals surface area contributed by atoms with Crippen LogP contribution < -0.4 is 9.80 Å². The van der Waals surface area contributed by atoms with Gasteiger partial charge in [-0.2, -0.15) is 0 Å². The highest BCUT2D eigenvalue weighted by Gasteiger charge is 2.49. The van der Waals surface area contributed by atoms with Gasteiger partial charge in [-0.05, 0) is 108 Å². The van der Waals surface area contributed by atoms with Crippen LogP contribution in [0.15, 0.2) is 192 Å². The van der Waals surface area contributed by atoms with E-state index in [1.807, 2.05) is 0 Å². The fraction of sp³-hybridized carbons (Fsp3) is 0.229. The van der Waals surface area contributed by atoms with Crippen LogP contribution in [0.1, 0.15) is 66.5 Å². The Hall–Kier alpha value is -7.82. The van der Waals surface area contributed by atoms with Crippen molar-refractivity contribution in [2.45, 2.75) is 66.5 Å². The van der Waals surface area contributed by atoms with Gasteiger partial charge in [0.1, 0.15) is 0 Å². The van der Waals surface area contributed by atoms with Gasteiger partial charge in [0.05, 0.1) is 44.2 Å². The zero-order valence-corrected chi connectivity index (χ0v) is 43.4. The van der Waals surface area contributed by atoms with Crippen molar-refractivity contribution in [3.63, 3.8) is 0 Å². The molecule has 8 bridgehead atoms. The monoisotopic (exact) mass is 954 g/mol. The molecular weight excluding hydrogens is 897 g/mol. The smallest absolute Gasteiger partial charge is 0.0827 e. The summed E-state index contributed by atoms with van der Waals surface area (Å²) in [6.45, 7) is 20.0. The third-order valence-corrected chi connectivity index (χ3v) is 19.8. The number of fused-ring (bicyclic) bond motifs is 12. The lowest BCUT2D eigenvalue weighted by Crippen LogP contribution is -2.49. The Bertz CT molecular complexity index is 4270. The molecule has 4 nitrogen and oxygen atoms in total. The van der Waals surface area contributed by atoms with Gasteiger partial charge in [0.2, 0.25) is 0 Å².